The van der Waals surface area contributed by atoms with Crippen molar-refractivity contribution in [2.75, 3.05) is 21.3 Å². The molecule has 0 saturated heterocycles. The molecule has 1 heterocycles. The van der Waals surface area contributed by atoms with Gasteiger partial charge in [0.05, 0.1) is 19.8 Å². The highest BCUT2D eigenvalue weighted by atomic mass is 16.5. The molecule has 0 unspecified atom stereocenters. The van der Waals surface area contributed by atoms with Crippen LogP contribution in [0.3, 0.4) is 0 Å². The number of hydrogen-bond donors (Lipinski definition) is 0. The van der Waals surface area contributed by atoms with E-state index in [1.807, 2.05) is 30.6 Å². The molecule has 1 aromatic carbocycles. The van der Waals surface area contributed by atoms with Gasteiger partial charge in [-0.3, -0.25) is 9.88 Å². The van der Waals surface area contributed by atoms with Crippen LogP contribution in [0.25, 0.3) is 0 Å². The van der Waals surface area contributed by atoms with Crippen LogP contribution in [0.2, 0.25) is 0 Å². The average molecular weight is 286 g/mol. The first-order valence-electron chi connectivity index (χ1n) is 6.93. The van der Waals surface area contributed by atoms with Crippen LogP contribution in [-0.2, 0) is 13.1 Å². The smallest absolute Gasteiger partial charge is 0.127 e. The summed E-state index contributed by atoms with van der Waals surface area (Å²) in [5.41, 5.74) is 3.55. The van der Waals surface area contributed by atoms with Crippen molar-refractivity contribution in [3.8, 4) is 11.5 Å². The molecule has 0 saturated carbocycles. The molecule has 0 aliphatic carbocycles. The normalized spacial score (nSPS) is 10.7. The SMILES string of the molecule is COc1cccc(OC)c1CN(C)Cc1ccncc1C. The Hall–Kier alpha value is -2.07. The third kappa shape index (κ3) is 3.73. The Morgan fingerprint density at radius 2 is 1.71 bits per heavy atom. The molecule has 4 heteroatoms. The average Bonchev–Trinajstić information content (AvgIpc) is 2.49. The predicted molar refractivity (Wildman–Crippen MR) is 83.7 cm³/mol. The van der Waals surface area contributed by atoms with E-state index in [1.165, 1.54) is 11.1 Å². The molecule has 112 valence electrons. The van der Waals surface area contributed by atoms with Crippen molar-refractivity contribution in [1.82, 2.24) is 9.88 Å². The highest BCUT2D eigenvalue weighted by Crippen LogP contribution is 2.29. The van der Waals surface area contributed by atoms with Gasteiger partial charge in [0.15, 0.2) is 0 Å². The molecule has 2 aromatic rings. The quantitative estimate of drug-likeness (QED) is 0.817. The van der Waals surface area contributed by atoms with Crippen molar-refractivity contribution in [3.05, 3.63) is 53.3 Å². The summed E-state index contributed by atoms with van der Waals surface area (Å²) in [6, 6.07) is 7.92. The van der Waals surface area contributed by atoms with Crippen LogP contribution in [0.15, 0.2) is 36.7 Å². The molecule has 0 amide bonds. The van der Waals surface area contributed by atoms with Gasteiger partial charge in [0.2, 0.25) is 0 Å². The third-order valence-electron chi connectivity index (χ3n) is 3.53. The molecular formula is C17H22N2O2. The van der Waals surface area contributed by atoms with Gasteiger partial charge in [0.25, 0.3) is 0 Å². The minimum atomic E-state index is 0.759. The maximum atomic E-state index is 5.45. The third-order valence-corrected chi connectivity index (χ3v) is 3.53. The summed E-state index contributed by atoms with van der Waals surface area (Å²) >= 11 is 0. The fourth-order valence-corrected chi connectivity index (χ4v) is 2.38. The summed E-state index contributed by atoms with van der Waals surface area (Å²) in [7, 11) is 5.46. The summed E-state index contributed by atoms with van der Waals surface area (Å²) in [5.74, 6) is 1.71. The van der Waals surface area contributed by atoms with Gasteiger partial charge in [-0.1, -0.05) is 6.07 Å². The van der Waals surface area contributed by atoms with Gasteiger partial charge in [0, 0.05) is 25.5 Å². The second-order valence-electron chi connectivity index (χ2n) is 5.12. The highest BCUT2D eigenvalue weighted by Gasteiger charge is 2.13. The largest absolute Gasteiger partial charge is 0.496 e. The Bertz CT molecular complexity index is 577. The Morgan fingerprint density at radius 1 is 1.05 bits per heavy atom. The van der Waals surface area contributed by atoms with E-state index in [0.717, 1.165) is 30.2 Å². The Morgan fingerprint density at radius 3 is 2.29 bits per heavy atom. The zero-order chi connectivity index (χ0) is 15.2. The molecule has 21 heavy (non-hydrogen) atoms. The Labute approximate surface area is 126 Å². The minimum absolute atomic E-state index is 0.759. The van der Waals surface area contributed by atoms with Gasteiger partial charge in [0.1, 0.15) is 11.5 Å². The van der Waals surface area contributed by atoms with Crippen LogP contribution < -0.4 is 9.47 Å². The van der Waals surface area contributed by atoms with E-state index in [4.69, 9.17) is 9.47 Å². The van der Waals surface area contributed by atoms with Gasteiger partial charge < -0.3 is 9.47 Å². The molecule has 1 aromatic heterocycles. The molecule has 0 radical (unpaired) electrons. The first-order chi connectivity index (χ1) is 10.2. The van der Waals surface area contributed by atoms with E-state index in [9.17, 15) is 0 Å². The van der Waals surface area contributed by atoms with Crippen LogP contribution in [0.4, 0.5) is 0 Å². The van der Waals surface area contributed by atoms with Crippen molar-refractivity contribution in [3.63, 3.8) is 0 Å². The van der Waals surface area contributed by atoms with Gasteiger partial charge in [-0.2, -0.15) is 0 Å². The zero-order valence-electron chi connectivity index (χ0n) is 13.1. The summed E-state index contributed by atoms with van der Waals surface area (Å²) in [6.07, 6.45) is 3.73. The first-order valence-corrected chi connectivity index (χ1v) is 6.93. The molecule has 0 spiro atoms. The van der Waals surface area contributed by atoms with Crippen LogP contribution in [0, 0.1) is 6.92 Å². The summed E-state index contributed by atoms with van der Waals surface area (Å²) in [5, 5.41) is 0. The monoisotopic (exact) mass is 286 g/mol. The van der Waals surface area contributed by atoms with Gasteiger partial charge >= 0.3 is 0 Å². The lowest BCUT2D eigenvalue weighted by Gasteiger charge is -2.21. The lowest BCUT2D eigenvalue weighted by Crippen LogP contribution is -2.19. The molecular weight excluding hydrogens is 264 g/mol. The molecule has 0 N–H and O–H groups in total. The van der Waals surface area contributed by atoms with Crippen molar-refractivity contribution in [2.24, 2.45) is 0 Å². The van der Waals surface area contributed by atoms with E-state index in [-0.39, 0.29) is 0 Å². The maximum Gasteiger partial charge on any atom is 0.127 e. The number of ether oxygens (including phenoxy) is 2. The number of nitrogens with zero attached hydrogens (tertiary/aromatic N) is 2. The fourth-order valence-electron chi connectivity index (χ4n) is 2.38. The van der Waals surface area contributed by atoms with E-state index < -0.39 is 0 Å². The maximum absolute atomic E-state index is 5.45. The molecule has 0 bridgehead atoms. The van der Waals surface area contributed by atoms with Crippen LogP contribution in [-0.4, -0.2) is 31.2 Å². The number of aryl methyl sites for hydroxylation is 1. The van der Waals surface area contributed by atoms with E-state index in [1.54, 1.807) is 14.2 Å². The number of hydrogen-bond acceptors (Lipinski definition) is 4. The Balaban J connectivity index is 2.16. The lowest BCUT2D eigenvalue weighted by atomic mass is 10.1. The summed E-state index contributed by atoms with van der Waals surface area (Å²) in [4.78, 5) is 6.37. The van der Waals surface area contributed by atoms with Gasteiger partial charge in [-0.15, -0.1) is 0 Å². The van der Waals surface area contributed by atoms with E-state index >= 15 is 0 Å². The number of pyridine rings is 1. The van der Waals surface area contributed by atoms with Crippen molar-refractivity contribution >= 4 is 0 Å². The number of benzene rings is 1. The zero-order valence-corrected chi connectivity index (χ0v) is 13.1. The summed E-state index contributed by atoms with van der Waals surface area (Å²) in [6.45, 7) is 3.70. The van der Waals surface area contributed by atoms with Crippen LogP contribution in [0.1, 0.15) is 16.7 Å². The summed E-state index contributed by atoms with van der Waals surface area (Å²) < 4.78 is 10.9. The number of methoxy groups -OCH3 is 2. The molecule has 0 fully saturated rings. The minimum Gasteiger partial charge on any atom is -0.496 e. The van der Waals surface area contributed by atoms with Gasteiger partial charge in [-0.25, -0.2) is 0 Å². The van der Waals surface area contributed by atoms with E-state index in [0.29, 0.717) is 0 Å². The standard InChI is InChI=1S/C17H22N2O2/c1-13-10-18-9-8-14(13)11-19(2)12-15-16(20-3)6-5-7-17(15)21-4/h5-10H,11-12H2,1-4H3. The number of aromatic nitrogens is 1. The molecule has 0 aliphatic heterocycles. The van der Waals surface area contributed by atoms with E-state index in [2.05, 4.69) is 29.9 Å². The van der Waals surface area contributed by atoms with Crippen molar-refractivity contribution in [2.45, 2.75) is 20.0 Å². The van der Waals surface area contributed by atoms with Gasteiger partial charge in [-0.05, 0) is 43.3 Å². The number of rotatable bonds is 6. The van der Waals surface area contributed by atoms with Crippen LogP contribution in [0.5, 0.6) is 11.5 Å². The highest BCUT2D eigenvalue weighted by molar-refractivity contribution is 5.44. The Kier molecular flexibility index (Phi) is 5.17. The predicted octanol–water partition coefficient (Wildman–Crippen LogP) is 3.04. The second-order valence-corrected chi connectivity index (χ2v) is 5.12. The molecule has 0 atom stereocenters. The fraction of sp³-hybridized carbons (Fsp3) is 0.353. The first kappa shape index (κ1) is 15.3. The topological polar surface area (TPSA) is 34.6 Å². The van der Waals surface area contributed by atoms with Crippen molar-refractivity contribution < 1.29 is 9.47 Å². The van der Waals surface area contributed by atoms with Crippen molar-refractivity contribution in [1.29, 1.82) is 0 Å². The lowest BCUT2D eigenvalue weighted by molar-refractivity contribution is 0.299. The molecule has 0 aliphatic rings. The molecule has 2 rings (SSSR count). The molecule has 4 nitrogen and oxygen atoms in total. The second kappa shape index (κ2) is 7.09. The van der Waals surface area contributed by atoms with Crippen LogP contribution >= 0.6 is 0 Å².